The number of benzene rings is 2. The maximum Gasteiger partial charge on any atom is 0.306 e. The average molecular weight is 440 g/mol. The first-order chi connectivity index (χ1) is 13.6. The quantitative estimate of drug-likeness (QED) is 0.463. The van der Waals surface area contributed by atoms with Crippen LogP contribution in [0.4, 0.5) is 0 Å². The zero-order valence-corrected chi connectivity index (χ0v) is 18.1. The Bertz CT molecular complexity index is 1080. The minimum absolute atomic E-state index is 0.309. The molecule has 2 aromatic rings. The summed E-state index contributed by atoms with van der Waals surface area (Å²) in [7, 11) is -6.71. The van der Waals surface area contributed by atoms with E-state index in [9.17, 15) is 16.8 Å². The fourth-order valence-electron chi connectivity index (χ4n) is 3.27. The van der Waals surface area contributed by atoms with Gasteiger partial charge in [-0.05, 0) is 60.2 Å². The molecule has 2 aromatic carbocycles. The molecule has 1 aliphatic heterocycles. The summed E-state index contributed by atoms with van der Waals surface area (Å²) in [5.41, 5.74) is 3.10. The molecule has 9 heteroatoms. The van der Waals surface area contributed by atoms with E-state index in [1.807, 2.05) is 24.3 Å². The summed E-state index contributed by atoms with van der Waals surface area (Å²) in [6, 6.07) is 12.8. The lowest BCUT2D eigenvalue weighted by molar-refractivity contribution is 0.309. The van der Waals surface area contributed by atoms with Crippen LogP contribution in [0, 0.1) is 0 Å². The molecule has 7 nitrogen and oxygen atoms in total. The van der Waals surface area contributed by atoms with Crippen LogP contribution >= 0.6 is 0 Å². The third kappa shape index (κ3) is 6.45. The monoisotopic (exact) mass is 439 g/mol. The first-order valence-corrected chi connectivity index (χ1v) is 12.9. The Morgan fingerprint density at radius 2 is 1.76 bits per heavy atom. The minimum Gasteiger partial charge on any atom is -0.494 e. The Labute approximate surface area is 172 Å². The zero-order chi connectivity index (χ0) is 21.1. The summed E-state index contributed by atoms with van der Waals surface area (Å²) in [5, 5.41) is 0. The highest BCUT2D eigenvalue weighted by atomic mass is 32.2. The van der Waals surface area contributed by atoms with Gasteiger partial charge in [0.2, 0.25) is 10.0 Å². The molecule has 0 unspecified atom stereocenters. The van der Waals surface area contributed by atoms with Gasteiger partial charge in [0.25, 0.3) is 0 Å². The van der Waals surface area contributed by atoms with Crippen LogP contribution < -0.4 is 8.92 Å². The SMILES string of the molecule is CS(=O)(=O)Oc1cccc(CCCOc2ccc3c(c2)CCN(S(C)(=O)=O)C3)c1. The van der Waals surface area contributed by atoms with Crippen LogP contribution in [0.15, 0.2) is 42.5 Å². The fourth-order valence-corrected chi connectivity index (χ4v) is 4.52. The molecule has 0 aromatic heterocycles. The third-order valence-corrected chi connectivity index (χ3v) is 6.39. The van der Waals surface area contributed by atoms with E-state index in [1.54, 1.807) is 18.2 Å². The second-order valence-electron chi connectivity index (χ2n) is 7.16. The number of sulfonamides is 1. The van der Waals surface area contributed by atoms with Gasteiger partial charge in [0.15, 0.2) is 0 Å². The van der Waals surface area contributed by atoms with Gasteiger partial charge in [0, 0.05) is 13.1 Å². The minimum atomic E-state index is -3.54. The molecule has 0 saturated heterocycles. The first kappa shape index (κ1) is 21.6. The van der Waals surface area contributed by atoms with Crippen molar-refractivity contribution in [2.45, 2.75) is 25.8 Å². The van der Waals surface area contributed by atoms with E-state index in [2.05, 4.69) is 0 Å². The van der Waals surface area contributed by atoms with Gasteiger partial charge >= 0.3 is 10.1 Å². The smallest absolute Gasteiger partial charge is 0.306 e. The van der Waals surface area contributed by atoms with E-state index in [0.717, 1.165) is 41.5 Å². The van der Waals surface area contributed by atoms with Gasteiger partial charge in [-0.1, -0.05) is 18.2 Å². The second-order valence-corrected chi connectivity index (χ2v) is 10.7. The topological polar surface area (TPSA) is 90.0 Å². The predicted octanol–water partition coefficient (Wildman–Crippen LogP) is 2.35. The Morgan fingerprint density at radius 1 is 0.966 bits per heavy atom. The van der Waals surface area contributed by atoms with Crippen molar-refractivity contribution in [3.63, 3.8) is 0 Å². The molecule has 158 valence electrons. The molecule has 0 N–H and O–H groups in total. The molecule has 0 fully saturated rings. The lowest BCUT2D eigenvalue weighted by Crippen LogP contribution is -2.35. The highest BCUT2D eigenvalue weighted by molar-refractivity contribution is 7.88. The average Bonchev–Trinajstić information content (AvgIpc) is 2.63. The van der Waals surface area contributed by atoms with E-state index in [-0.39, 0.29) is 0 Å². The van der Waals surface area contributed by atoms with Crippen molar-refractivity contribution in [1.82, 2.24) is 4.31 Å². The number of fused-ring (bicyclic) bond motifs is 1. The second kappa shape index (κ2) is 8.73. The number of hydrogen-bond acceptors (Lipinski definition) is 6. The van der Waals surface area contributed by atoms with Gasteiger partial charge in [0.1, 0.15) is 11.5 Å². The van der Waals surface area contributed by atoms with E-state index >= 15 is 0 Å². The van der Waals surface area contributed by atoms with Crippen molar-refractivity contribution in [3.05, 3.63) is 59.2 Å². The van der Waals surface area contributed by atoms with Crippen molar-refractivity contribution in [3.8, 4) is 11.5 Å². The highest BCUT2D eigenvalue weighted by Gasteiger charge is 2.23. The molecule has 0 bridgehead atoms. The Balaban J connectivity index is 1.51. The molecule has 1 aliphatic rings. The summed E-state index contributed by atoms with van der Waals surface area (Å²) in [6.45, 7) is 1.41. The maximum absolute atomic E-state index is 11.7. The summed E-state index contributed by atoms with van der Waals surface area (Å²) >= 11 is 0. The van der Waals surface area contributed by atoms with E-state index in [1.165, 1.54) is 10.6 Å². The van der Waals surface area contributed by atoms with Gasteiger partial charge < -0.3 is 8.92 Å². The normalized spacial score (nSPS) is 15.0. The molecule has 0 saturated carbocycles. The zero-order valence-electron chi connectivity index (χ0n) is 16.5. The van der Waals surface area contributed by atoms with Crippen molar-refractivity contribution in [2.75, 3.05) is 25.7 Å². The Morgan fingerprint density at radius 3 is 2.48 bits per heavy atom. The van der Waals surface area contributed by atoms with E-state index in [4.69, 9.17) is 8.92 Å². The van der Waals surface area contributed by atoms with Gasteiger partial charge in [-0.25, -0.2) is 8.42 Å². The lowest BCUT2D eigenvalue weighted by atomic mass is 10.0. The fraction of sp³-hybridized carbons (Fsp3) is 0.400. The molecule has 1 heterocycles. The summed E-state index contributed by atoms with van der Waals surface area (Å²) in [6.07, 6.45) is 4.42. The number of hydrogen-bond donors (Lipinski definition) is 0. The largest absolute Gasteiger partial charge is 0.494 e. The number of aryl methyl sites for hydroxylation is 1. The molecule has 0 amide bonds. The van der Waals surface area contributed by atoms with Crippen LogP contribution in [0.25, 0.3) is 0 Å². The van der Waals surface area contributed by atoms with Crippen molar-refractivity contribution < 1.29 is 25.8 Å². The van der Waals surface area contributed by atoms with Crippen LogP contribution in [-0.4, -0.2) is 46.8 Å². The predicted molar refractivity (Wildman–Crippen MR) is 111 cm³/mol. The van der Waals surface area contributed by atoms with Crippen LogP contribution in [0.1, 0.15) is 23.1 Å². The summed E-state index contributed by atoms with van der Waals surface area (Å²) < 4.78 is 58.1. The van der Waals surface area contributed by atoms with Crippen LogP contribution in [0.2, 0.25) is 0 Å². The molecule has 0 atom stereocenters. The molecular formula is C20H25NO6S2. The molecule has 0 spiro atoms. The lowest BCUT2D eigenvalue weighted by Gasteiger charge is -2.27. The van der Waals surface area contributed by atoms with Crippen molar-refractivity contribution in [2.24, 2.45) is 0 Å². The first-order valence-electron chi connectivity index (χ1n) is 9.28. The number of ether oxygens (including phenoxy) is 1. The van der Waals surface area contributed by atoms with Crippen LogP contribution in [0.3, 0.4) is 0 Å². The van der Waals surface area contributed by atoms with Crippen LogP contribution in [-0.2, 0) is 39.5 Å². The Kier molecular flexibility index (Phi) is 6.50. The van der Waals surface area contributed by atoms with Gasteiger partial charge in [0.05, 0.1) is 19.1 Å². The molecule has 0 aliphatic carbocycles. The maximum atomic E-state index is 11.7. The van der Waals surface area contributed by atoms with Crippen molar-refractivity contribution >= 4 is 20.1 Å². The van der Waals surface area contributed by atoms with Gasteiger partial charge in [-0.3, -0.25) is 0 Å². The molecule has 0 radical (unpaired) electrons. The van der Waals surface area contributed by atoms with Gasteiger partial charge in [-0.15, -0.1) is 0 Å². The summed E-state index contributed by atoms with van der Waals surface area (Å²) in [4.78, 5) is 0. The number of rotatable bonds is 8. The highest BCUT2D eigenvalue weighted by Crippen LogP contribution is 2.25. The molecular weight excluding hydrogens is 414 g/mol. The summed E-state index contributed by atoms with van der Waals surface area (Å²) in [5.74, 6) is 1.08. The van der Waals surface area contributed by atoms with E-state index in [0.29, 0.717) is 31.9 Å². The van der Waals surface area contributed by atoms with Crippen LogP contribution in [0.5, 0.6) is 11.5 Å². The Hall–Kier alpha value is -2.10. The molecule has 29 heavy (non-hydrogen) atoms. The number of nitrogens with zero attached hydrogens (tertiary/aromatic N) is 1. The van der Waals surface area contributed by atoms with Gasteiger partial charge in [-0.2, -0.15) is 12.7 Å². The van der Waals surface area contributed by atoms with Crippen molar-refractivity contribution in [1.29, 1.82) is 0 Å². The van der Waals surface area contributed by atoms with E-state index < -0.39 is 20.1 Å². The standard InChI is InChI=1S/C20H25NO6S2/c1-28(22,23)21-11-10-17-14-19(9-8-18(17)15-21)26-12-4-6-16-5-3-7-20(13-16)27-29(2,24)25/h3,5,7-9,13-14H,4,6,10-12,15H2,1-2H3. The molecule has 3 rings (SSSR count). The third-order valence-electron chi connectivity index (χ3n) is 4.65.